The van der Waals surface area contributed by atoms with Gasteiger partial charge in [0.2, 0.25) is 0 Å². The largest absolute Gasteiger partial charge is 0.491 e. The lowest BCUT2D eigenvalue weighted by atomic mass is 9.86. The molecule has 3 aromatic heterocycles. The third kappa shape index (κ3) is 4.12. The highest BCUT2D eigenvalue weighted by atomic mass is 16.5. The van der Waals surface area contributed by atoms with Crippen molar-refractivity contribution in [3.05, 3.63) is 42.4 Å². The molecule has 5 aliphatic rings. The van der Waals surface area contributed by atoms with E-state index in [0.29, 0.717) is 41.8 Å². The van der Waals surface area contributed by atoms with E-state index in [0.717, 1.165) is 61.6 Å². The molecule has 198 valence electrons. The van der Waals surface area contributed by atoms with Crippen LogP contribution in [0.1, 0.15) is 32.3 Å². The first-order valence-corrected chi connectivity index (χ1v) is 13.9. The third-order valence-corrected chi connectivity index (χ3v) is 8.86. The number of fused-ring (bicyclic) bond motifs is 4. The summed E-state index contributed by atoms with van der Waals surface area (Å²) in [6.07, 6.45) is 7.58. The van der Waals surface area contributed by atoms with Crippen molar-refractivity contribution in [3.63, 3.8) is 0 Å². The molecule has 8 rings (SSSR count). The van der Waals surface area contributed by atoms with Gasteiger partial charge in [-0.25, -0.2) is 9.50 Å². The highest BCUT2D eigenvalue weighted by molar-refractivity contribution is 5.85. The van der Waals surface area contributed by atoms with Crippen molar-refractivity contribution in [1.29, 1.82) is 5.26 Å². The Morgan fingerprint density at radius 3 is 2.74 bits per heavy atom. The number of likely N-dealkylation sites (tertiary alicyclic amines) is 1. The Bertz CT molecular complexity index is 1380. The zero-order valence-electron chi connectivity index (χ0n) is 22.1. The number of ether oxygens (including phenoxy) is 1. The number of aliphatic hydroxyl groups is 1. The van der Waals surface area contributed by atoms with Gasteiger partial charge in [-0.05, 0) is 37.0 Å². The minimum absolute atomic E-state index is 0.434. The predicted molar refractivity (Wildman–Crippen MR) is 144 cm³/mol. The first kappa shape index (κ1) is 23.9. The first-order valence-electron chi connectivity index (χ1n) is 13.9. The van der Waals surface area contributed by atoms with Crippen molar-refractivity contribution >= 4 is 11.3 Å². The van der Waals surface area contributed by atoms with Gasteiger partial charge in [-0.2, -0.15) is 10.4 Å². The van der Waals surface area contributed by atoms with Gasteiger partial charge in [0, 0.05) is 74.6 Å². The summed E-state index contributed by atoms with van der Waals surface area (Å²) in [5, 5.41) is 24.4. The van der Waals surface area contributed by atoms with Gasteiger partial charge in [0.1, 0.15) is 24.2 Å². The van der Waals surface area contributed by atoms with E-state index in [4.69, 9.17) is 9.72 Å². The summed E-state index contributed by atoms with van der Waals surface area (Å²) >= 11 is 0. The SMILES string of the molecule is CC(C)CN1C2CC1CN(c1ccc(-c3cc(OCCN4CC5CC5(O)C4)cn4ncc(C#N)c34)cn1)C2. The summed E-state index contributed by atoms with van der Waals surface area (Å²) in [4.78, 5) is 12.2. The lowest BCUT2D eigenvalue weighted by Crippen LogP contribution is -2.69. The second kappa shape index (κ2) is 8.94. The minimum Gasteiger partial charge on any atom is -0.491 e. The number of hydrogen-bond donors (Lipinski definition) is 1. The van der Waals surface area contributed by atoms with Crippen molar-refractivity contribution < 1.29 is 9.84 Å². The van der Waals surface area contributed by atoms with E-state index in [1.165, 1.54) is 13.0 Å². The number of nitrogens with zero attached hydrogens (tertiary/aromatic N) is 7. The van der Waals surface area contributed by atoms with Crippen LogP contribution in [0.5, 0.6) is 5.75 Å². The zero-order chi connectivity index (χ0) is 26.0. The van der Waals surface area contributed by atoms with Crippen LogP contribution in [0, 0.1) is 23.2 Å². The van der Waals surface area contributed by atoms with Gasteiger partial charge < -0.3 is 14.7 Å². The average Bonchev–Trinajstić information content (AvgIpc) is 3.22. The minimum atomic E-state index is -0.448. The van der Waals surface area contributed by atoms with Crippen LogP contribution in [0.3, 0.4) is 0 Å². The fourth-order valence-electron chi connectivity index (χ4n) is 6.83. The van der Waals surface area contributed by atoms with Crippen LogP contribution in [0.2, 0.25) is 0 Å². The standard InChI is InChI=1S/C29H35N7O2/c1-19(2)13-35-23-7-24(35)16-34(15-23)27-4-3-20(11-31-27)26-8-25(17-36-28(26)21(10-30)12-32-36)38-6-5-33-14-22-9-29(22,37)18-33/h3-4,8,11-12,17,19,22-24,37H,5-7,9,13-16,18H2,1-2H3. The smallest absolute Gasteiger partial charge is 0.138 e. The molecule has 4 saturated heterocycles. The van der Waals surface area contributed by atoms with Gasteiger partial charge in [-0.3, -0.25) is 9.80 Å². The molecule has 7 heterocycles. The molecular weight excluding hydrogens is 478 g/mol. The number of nitriles is 1. The maximum Gasteiger partial charge on any atom is 0.138 e. The van der Waals surface area contributed by atoms with Crippen LogP contribution in [0.25, 0.3) is 16.6 Å². The maximum absolute atomic E-state index is 10.3. The molecule has 1 aliphatic carbocycles. The molecule has 9 heteroatoms. The number of piperazine rings is 1. The van der Waals surface area contributed by atoms with Crippen LogP contribution in [0.4, 0.5) is 5.82 Å². The highest BCUT2D eigenvalue weighted by Crippen LogP contribution is 2.49. The Hall–Kier alpha value is -3.19. The Morgan fingerprint density at radius 1 is 1.21 bits per heavy atom. The van der Waals surface area contributed by atoms with Crippen LogP contribution < -0.4 is 9.64 Å². The van der Waals surface area contributed by atoms with Gasteiger partial charge in [-0.15, -0.1) is 0 Å². The fraction of sp³-hybridized carbons (Fsp3) is 0.552. The van der Waals surface area contributed by atoms with Gasteiger partial charge in [0.05, 0.1) is 29.1 Å². The fourth-order valence-corrected chi connectivity index (χ4v) is 6.83. The Balaban J connectivity index is 1.08. The summed E-state index contributed by atoms with van der Waals surface area (Å²) in [5.41, 5.74) is 2.67. The number of piperidine rings is 2. The summed E-state index contributed by atoms with van der Waals surface area (Å²) in [6.45, 7) is 10.8. The third-order valence-electron chi connectivity index (χ3n) is 8.86. The Morgan fingerprint density at radius 2 is 2.05 bits per heavy atom. The number of pyridine rings is 2. The van der Waals surface area contributed by atoms with Gasteiger partial charge >= 0.3 is 0 Å². The molecule has 38 heavy (non-hydrogen) atoms. The van der Waals surface area contributed by atoms with Gasteiger partial charge in [0.15, 0.2) is 0 Å². The normalized spacial score (nSPS) is 28.4. The molecule has 1 N–H and O–H groups in total. The number of rotatable bonds is 8. The Labute approximate surface area is 223 Å². The van der Waals surface area contributed by atoms with Crippen molar-refractivity contribution in [1.82, 2.24) is 24.4 Å². The zero-order valence-corrected chi connectivity index (χ0v) is 22.1. The molecule has 4 aliphatic heterocycles. The van der Waals surface area contributed by atoms with Crippen molar-refractivity contribution in [2.45, 2.75) is 44.4 Å². The topological polar surface area (TPSA) is 93.2 Å². The Kier molecular flexibility index (Phi) is 5.62. The first-order chi connectivity index (χ1) is 18.4. The number of anilines is 1. The van der Waals surface area contributed by atoms with E-state index >= 15 is 0 Å². The lowest BCUT2D eigenvalue weighted by molar-refractivity contribution is -0.0100. The van der Waals surface area contributed by atoms with Gasteiger partial charge in [-0.1, -0.05) is 13.8 Å². The van der Waals surface area contributed by atoms with E-state index in [1.807, 2.05) is 18.5 Å². The molecule has 2 bridgehead atoms. The van der Waals surface area contributed by atoms with Crippen LogP contribution in [-0.2, 0) is 0 Å². The van der Waals surface area contributed by atoms with Crippen LogP contribution in [0.15, 0.2) is 36.8 Å². The molecule has 0 spiro atoms. The van der Waals surface area contributed by atoms with Crippen molar-refractivity contribution in [3.8, 4) is 22.9 Å². The van der Waals surface area contributed by atoms with Crippen molar-refractivity contribution in [2.75, 3.05) is 50.8 Å². The van der Waals surface area contributed by atoms with Crippen LogP contribution in [-0.4, -0.2) is 93.1 Å². The average molecular weight is 514 g/mol. The molecular formula is C29H35N7O2. The monoisotopic (exact) mass is 513 g/mol. The molecule has 3 aromatic rings. The second-order valence-corrected chi connectivity index (χ2v) is 12.1. The van der Waals surface area contributed by atoms with E-state index in [2.05, 4.69) is 51.8 Å². The maximum atomic E-state index is 10.3. The molecule has 0 radical (unpaired) electrons. The van der Waals surface area contributed by atoms with E-state index in [9.17, 15) is 10.4 Å². The molecule has 4 atom stereocenters. The van der Waals surface area contributed by atoms with E-state index in [-0.39, 0.29) is 0 Å². The number of aromatic nitrogens is 3. The van der Waals surface area contributed by atoms with Crippen LogP contribution >= 0.6 is 0 Å². The second-order valence-electron chi connectivity index (χ2n) is 12.1. The molecule has 0 aromatic carbocycles. The summed E-state index contributed by atoms with van der Waals surface area (Å²) in [6, 6.07) is 9.72. The highest BCUT2D eigenvalue weighted by Gasteiger charge is 2.58. The van der Waals surface area contributed by atoms with Crippen molar-refractivity contribution in [2.24, 2.45) is 11.8 Å². The molecule has 0 amide bonds. The summed E-state index contributed by atoms with van der Waals surface area (Å²) < 4.78 is 7.87. The quantitative estimate of drug-likeness (QED) is 0.492. The lowest BCUT2D eigenvalue weighted by Gasteiger charge is -2.57. The molecule has 1 saturated carbocycles. The molecule has 4 unspecified atom stereocenters. The summed E-state index contributed by atoms with van der Waals surface area (Å²) in [5.74, 6) is 2.84. The summed E-state index contributed by atoms with van der Waals surface area (Å²) in [7, 11) is 0. The predicted octanol–water partition coefficient (Wildman–Crippen LogP) is 2.63. The van der Waals surface area contributed by atoms with E-state index < -0.39 is 5.60 Å². The molecule has 9 nitrogen and oxygen atoms in total. The van der Waals surface area contributed by atoms with E-state index in [1.54, 1.807) is 10.7 Å². The molecule has 5 fully saturated rings. The number of β-amino-alcohol motifs (C(OH)–C–C–N with tert-alkyl or cyclic N) is 1. The number of hydrogen-bond acceptors (Lipinski definition) is 8. The van der Waals surface area contributed by atoms with Gasteiger partial charge in [0.25, 0.3) is 0 Å².